The highest BCUT2D eigenvalue weighted by atomic mass is 35.5. The molecule has 2 aromatic rings. The first kappa shape index (κ1) is 19.5. The third-order valence-electron chi connectivity index (χ3n) is 2.23. The van der Waals surface area contributed by atoms with Crippen molar-refractivity contribution >= 4 is 33.1 Å². The van der Waals surface area contributed by atoms with E-state index in [4.69, 9.17) is 21.9 Å². The van der Waals surface area contributed by atoms with E-state index < -0.39 is 48.6 Å². The summed E-state index contributed by atoms with van der Waals surface area (Å²) in [4.78, 5) is 13.9. The van der Waals surface area contributed by atoms with E-state index in [1.807, 2.05) is 0 Å². The van der Waals surface area contributed by atoms with Crippen molar-refractivity contribution in [3.8, 4) is 0 Å². The lowest BCUT2D eigenvalue weighted by atomic mass is 10.3. The molecular weight excluding hydrogens is 381 g/mol. The molecule has 130 valence electrons. The Morgan fingerprint density at radius 3 is 2.12 bits per heavy atom. The van der Waals surface area contributed by atoms with Gasteiger partial charge in [0.2, 0.25) is 11.9 Å². The standard InChI is InChI=1S/C6H6N2O5S.C4ClF3N2/c7-5-2-1-4(8(9)10)3-6(5)14(11,12)13;5-1-2(6)9-4(8)10-3(1)7/h1-3H,7H2,(H,11,12,13);. The van der Waals surface area contributed by atoms with Crippen LogP contribution >= 0.6 is 11.6 Å². The zero-order valence-corrected chi connectivity index (χ0v) is 12.7. The third-order valence-corrected chi connectivity index (χ3v) is 3.45. The van der Waals surface area contributed by atoms with Crippen molar-refractivity contribution in [2.45, 2.75) is 4.90 Å². The molecule has 1 aromatic heterocycles. The van der Waals surface area contributed by atoms with Gasteiger partial charge in [-0.15, -0.1) is 0 Å². The fraction of sp³-hybridized carbons (Fsp3) is 0. The summed E-state index contributed by atoms with van der Waals surface area (Å²) in [5.41, 5.74) is 4.52. The van der Waals surface area contributed by atoms with Gasteiger partial charge in [0.15, 0.2) is 5.02 Å². The first-order chi connectivity index (χ1) is 10.9. The van der Waals surface area contributed by atoms with Crippen molar-refractivity contribution in [2.75, 3.05) is 5.73 Å². The number of nitrogens with two attached hydrogens (primary N) is 1. The Kier molecular flexibility index (Phi) is 6.00. The number of nitro benzene ring substituents is 1. The molecule has 0 bridgehead atoms. The van der Waals surface area contributed by atoms with Gasteiger partial charge in [0.05, 0.1) is 10.6 Å². The van der Waals surface area contributed by atoms with Gasteiger partial charge in [0.1, 0.15) is 4.90 Å². The lowest BCUT2D eigenvalue weighted by Gasteiger charge is -2.00. The van der Waals surface area contributed by atoms with Crippen LogP contribution in [-0.2, 0) is 10.1 Å². The molecule has 0 aliphatic rings. The fourth-order valence-corrected chi connectivity index (χ4v) is 1.95. The number of anilines is 1. The molecule has 0 aliphatic heterocycles. The smallest absolute Gasteiger partial charge is 0.314 e. The van der Waals surface area contributed by atoms with Gasteiger partial charge in [0, 0.05) is 12.1 Å². The summed E-state index contributed by atoms with van der Waals surface area (Å²) < 4.78 is 66.0. The van der Waals surface area contributed by atoms with Crippen molar-refractivity contribution in [3.05, 3.63) is 51.3 Å². The van der Waals surface area contributed by atoms with Gasteiger partial charge in [0.25, 0.3) is 15.8 Å². The van der Waals surface area contributed by atoms with Crippen molar-refractivity contribution < 1.29 is 31.1 Å². The van der Waals surface area contributed by atoms with Gasteiger partial charge in [-0.3, -0.25) is 14.7 Å². The highest BCUT2D eigenvalue weighted by Crippen LogP contribution is 2.23. The number of nitro groups is 1. The van der Waals surface area contributed by atoms with Crippen LogP contribution in [0.3, 0.4) is 0 Å². The number of non-ortho nitro benzene ring substituents is 1. The van der Waals surface area contributed by atoms with Crippen molar-refractivity contribution in [1.82, 2.24) is 9.97 Å². The number of hydrogen-bond donors (Lipinski definition) is 2. The van der Waals surface area contributed by atoms with E-state index in [0.29, 0.717) is 6.07 Å². The van der Waals surface area contributed by atoms with Crippen LogP contribution in [-0.4, -0.2) is 27.9 Å². The maximum Gasteiger partial charge on any atom is 0.314 e. The Bertz CT molecular complexity index is 873. The van der Waals surface area contributed by atoms with Gasteiger partial charge >= 0.3 is 6.08 Å². The predicted octanol–water partition coefficient (Wildman–Crippen LogP) is 1.97. The maximum atomic E-state index is 12.1. The molecule has 0 radical (unpaired) electrons. The van der Waals surface area contributed by atoms with E-state index in [9.17, 15) is 31.7 Å². The molecule has 9 nitrogen and oxygen atoms in total. The molecule has 1 heterocycles. The van der Waals surface area contributed by atoms with Gasteiger partial charge < -0.3 is 5.73 Å². The van der Waals surface area contributed by atoms with Crippen molar-refractivity contribution in [3.63, 3.8) is 0 Å². The lowest BCUT2D eigenvalue weighted by Crippen LogP contribution is -2.03. The molecule has 3 N–H and O–H groups in total. The zero-order chi connectivity index (χ0) is 18.7. The first-order valence-corrected chi connectivity index (χ1v) is 7.30. The van der Waals surface area contributed by atoms with Gasteiger partial charge in [-0.1, -0.05) is 11.6 Å². The summed E-state index contributed by atoms with van der Waals surface area (Å²) in [7, 11) is -4.52. The summed E-state index contributed by atoms with van der Waals surface area (Å²) in [6, 6.07) is 2.79. The Morgan fingerprint density at radius 1 is 1.21 bits per heavy atom. The van der Waals surface area contributed by atoms with E-state index in [-0.39, 0.29) is 5.69 Å². The minimum Gasteiger partial charge on any atom is -0.398 e. The summed E-state index contributed by atoms with van der Waals surface area (Å²) in [5.74, 6) is -2.79. The summed E-state index contributed by atoms with van der Waals surface area (Å²) in [6.07, 6.45) is -1.47. The van der Waals surface area contributed by atoms with E-state index in [2.05, 4.69) is 9.97 Å². The summed E-state index contributed by atoms with van der Waals surface area (Å²) in [6.45, 7) is 0. The molecule has 24 heavy (non-hydrogen) atoms. The van der Waals surface area contributed by atoms with Crippen LogP contribution in [0, 0.1) is 28.1 Å². The van der Waals surface area contributed by atoms with E-state index in [0.717, 1.165) is 12.1 Å². The molecule has 0 saturated carbocycles. The molecule has 0 amide bonds. The molecular formula is C10H6ClF3N4O5S. The van der Waals surface area contributed by atoms with Crippen molar-refractivity contribution in [2.24, 2.45) is 0 Å². The van der Waals surface area contributed by atoms with Gasteiger partial charge in [-0.05, 0) is 6.07 Å². The number of aromatic nitrogens is 2. The molecule has 0 saturated heterocycles. The molecule has 14 heteroatoms. The van der Waals surface area contributed by atoms with Crippen LogP contribution in [0.25, 0.3) is 0 Å². The van der Waals surface area contributed by atoms with Crippen LogP contribution in [0.15, 0.2) is 23.1 Å². The second-order valence-electron chi connectivity index (χ2n) is 3.84. The monoisotopic (exact) mass is 386 g/mol. The largest absolute Gasteiger partial charge is 0.398 e. The predicted molar refractivity (Wildman–Crippen MR) is 74.2 cm³/mol. The molecule has 0 aliphatic carbocycles. The quantitative estimate of drug-likeness (QED) is 0.198. The van der Waals surface area contributed by atoms with Crippen LogP contribution in [0.5, 0.6) is 0 Å². The second-order valence-corrected chi connectivity index (χ2v) is 5.61. The van der Waals surface area contributed by atoms with Crippen molar-refractivity contribution in [1.29, 1.82) is 0 Å². The molecule has 0 unspecified atom stereocenters. The molecule has 0 atom stereocenters. The van der Waals surface area contributed by atoms with Crippen LogP contribution in [0.2, 0.25) is 5.02 Å². The highest BCUT2D eigenvalue weighted by molar-refractivity contribution is 7.86. The molecule has 2 rings (SSSR count). The summed E-state index contributed by atoms with van der Waals surface area (Å²) >= 11 is 4.91. The molecule has 1 aromatic carbocycles. The first-order valence-electron chi connectivity index (χ1n) is 5.49. The molecule has 0 fully saturated rings. The number of halogens is 4. The lowest BCUT2D eigenvalue weighted by molar-refractivity contribution is -0.385. The van der Waals surface area contributed by atoms with E-state index in [1.165, 1.54) is 0 Å². The average Bonchev–Trinajstić information content (AvgIpc) is 2.44. The fourth-order valence-electron chi connectivity index (χ4n) is 1.23. The number of benzene rings is 1. The number of hydrogen-bond acceptors (Lipinski definition) is 7. The Hall–Kier alpha value is -2.51. The maximum absolute atomic E-state index is 12.1. The Labute approximate surface area is 136 Å². The third kappa shape index (κ3) is 5.00. The van der Waals surface area contributed by atoms with Crippen LogP contribution < -0.4 is 5.73 Å². The van der Waals surface area contributed by atoms with Crippen LogP contribution in [0.4, 0.5) is 24.5 Å². The Morgan fingerprint density at radius 2 is 1.71 bits per heavy atom. The molecule has 0 spiro atoms. The number of nitrogens with zero attached hydrogens (tertiary/aromatic N) is 3. The zero-order valence-electron chi connectivity index (χ0n) is 11.2. The highest BCUT2D eigenvalue weighted by Gasteiger charge is 2.18. The average molecular weight is 387 g/mol. The second kappa shape index (κ2) is 7.37. The Balaban J connectivity index is 0.000000254. The number of rotatable bonds is 2. The number of nitrogen functional groups attached to an aromatic ring is 1. The van der Waals surface area contributed by atoms with Crippen LogP contribution in [0.1, 0.15) is 0 Å². The van der Waals surface area contributed by atoms with E-state index >= 15 is 0 Å². The topological polar surface area (TPSA) is 149 Å². The van der Waals surface area contributed by atoms with Gasteiger partial charge in [-0.2, -0.15) is 31.6 Å². The van der Waals surface area contributed by atoms with Gasteiger partial charge in [-0.25, -0.2) is 0 Å². The SMILES string of the molecule is Fc1nc(F)c(Cl)c(F)n1.Nc1ccc([N+](=O)[O-])cc1S(=O)(=O)O. The normalized spacial score (nSPS) is 10.7. The summed E-state index contributed by atoms with van der Waals surface area (Å²) in [5, 5.41) is 9.38. The minimum atomic E-state index is -4.52. The van der Waals surface area contributed by atoms with E-state index in [1.54, 1.807) is 0 Å². The minimum absolute atomic E-state index is 0.238.